The molecule has 0 aromatic heterocycles. The Labute approximate surface area is 409 Å². The largest absolute Gasteiger partial charge is 0.465 e. The van der Waals surface area contributed by atoms with Gasteiger partial charge in [-0.25, -0.2) is 0 Å². The van der Waals surface area contributed by atoms with Crippen LogP contribution < -0.4 is 0 Å². The minimum atomic E-state index is -1.73. The van der Waals surface area contributed by atoms with E-state index in [-0.39, 0.29) is 39.5 Å². The molecule has 3 aliphatic heterocycles. The predicted molar refractivity (Wildman–Crippen MR) is 251 cm³/mol. The molecule has 69 heavy (non-hydrogen) atoms. The third kappa shape index (κ3) is 9.03. The van der Waals surface area contributed by atoms with Gasteiger partial charge in [-0.05, 0) is 129 Å². The molecule has 0 bridgehead atoms. The van der Waals surface area contributed by atoms with Gasteiger partial charge < -0.3 is 74.0 Å². The molecular formula is C53H88O16. The van der Waals surface area contributed by atoms with Gasteiger partial charge in [0.15, 0.2) is 18.9 Å². The van der Waals surface area contributed by atoms with Gasteiger partial charge in [0.25, 0.3) is 0 Å². The first-order valence-electron chi connectivity index (χ1n) is 26.5. The van der Waals surface area contributed by atoms with E-state index in [1.807, 2.05) is 0 Å². The van der Waals surface area contributed by atoms with E-state index in [2.05, 4.69) is 61.5 Å². The lowest BCUT2D eigenvalue weighted by atomic mass is 9.33. The number of aliphatic hydroxyl groups excluding tert-OH is 8. The summed E-state index contributed by atoms with van der Waals surface area (Å²) in [4.78, 5) is 14.3. The van der Waals surface area contributed by atoms with Crippen molar-refractivity contribution >= 4 is 5.97 Å². The van der Waals surface area contributed by atoms with Gasteiger partial charge in [0, 0.05) is 0 Å². The predicted octanol–water partition coefficient (Wildman–Crippen LogP) is 4.41. The van der Waals surface area contributed by atoms with E-state index in [9.17, 15) is 45.6 Å². The average molecular weight is 981 g/mol. The molecule has 23 atom stereocenters. The van der Waals surface area contributed by atoms with E-state index < -0.39 is 116 Å². The smallest absolute Gasteiger partial charge is 0.312 e. The SMILES string of the molecule is CCCCCOC(=O)[C@]12CCC(C)(C)C[C@H]1C1=CC[C@@H]3[C@@]4(C)CC[C@H](O[C@@H]5O[C@H](CO)[C@@H](O[C@@H]6O[C@@H](C)[C@H](O)[C@@H](O)[C@H]6O)[C@H](O)[C@H]5O[C@@H]5O[C@@H](C)[C@H](O)[C@@H](O)[C@H]5O)C(C)(C)[C@@H]4CC[C@@]3(C)[C@]1(C)CC2. The second-order valence-corrected chi connectivity index (χ2v) is 25.0. The van der Waals surface area contributed by atoms with Gasteiger partial charge in [0.2, 0.25) is 0 Å². The highest BCUT2D eigenvalue weighted by atomic mass is 16.8. The molecule has 16 nitrogen and oxygen atoms in total. The quantitative estimate of drug-likeness (QED) is 0.0585. The third-order valence-electron chi connectivity index (χ3n) is 20.3. The fourth-order valence-electron chi connectivity index (χ4n) is 15.7. The van der Waals surface area contributed by atoms with Gasteiger partial charge in [0.1, 0.15) is 61.0 Å². The second-order valence-electron chi connectivity index (χ2n) is 25.0. The Morgan fingerprint density at radius 1 is 0.667 bits per heavy atom. The summed E-state index contributed by atoms with van der Waals surface area (Å²) < 4.78 is 43.5. The maximum Gasteiger partial charge on any atom is 0.312 e. The van der Waals surface area contributed by atoms with Crippen molar-refractivity contribution in [1.82, 2.24) is 0 Å². The monoisotopic (exact) mass is 981 g/mol. The molecule has 0 spiro atoms. The lowest BCUT2D eigenvalue weighted by Gasteiger charge is -2.71. The van der Waals surface area contributed by atoms with Gasteiger partial charge in [-0.3, -0.25) is 4.79 Å². The van der Waals surface area contributed by atoms with Crippen LogP contribution in [0.25, 0.3) is 0 Å². The Morgan fingerprint density at radius 2 is 1.28 bits per heavy atom. The number of carbonyl (C=O) groups excluding carboxylic acids is 1. The van der Waals surface area contributed by atoms with Crippen molar-refractivity contribution in [2.24, 2.45) is 50.2 Å². The minimum Gasteiger partial charge on any atom is -0.465 e. The third-order valence-corrected chi connectivity index (χ3v) is 20.3. The lowest BCUT2D eigenvalue weighted by molar-refractivity contribution is -0.393. The summed E-state index contributed by atoms with van der Waals surface area (Å²) in [5.41, 5.74) is 0.473. The normalized spacial score (nSPS) is 51.5. The minimum absolute atomic E-state index is 0.0150. The number of rotatable bonds is 12. The molecule has 7 fully saturated rings. The number of unbranched alkanes of at least 4 members (excludes halogenated alkanes) is 2. The summed E-state index contributed by atoms with van der Waals surface area (Å²) in [5, 5.41) is 87.0. The summed E-state index contributed by atoms with van der Waals surface area (Å²) in [7, 11) is 0. The molecule has 0 unspecified atom stereocenters. The maximum atomic E-state index is 14.3. The van der Waals surface area contributed by atoms with Crippen molar-refractivity contribution in [3.8, 4) is 0 Å². The number of ether oxygens (including phenoxy) is 7. The van der Waals surface area contributed by atoms with Gasteiger partial charge in [0.05, 0.1) is 36.9 Å². The van der Waals surface area contributed by atoms with Crippen LogP contribution in [0.15, 0.2) is 11.6 Å². The number of carbonyl (C=O) groups is 1. The van der Waals surface area contributed by atoms with Crippen molar-refractivity contribution < 1.29 is 78.8 Å². The first-order chi connectivity index (χ1) is 32.3. The van der Waals surface area contributed by atoms with Crippen molar-refractivity contribution in [3.63, 3.8) is 0 Å². The molecule has 3 heterocycles. The van der Waals surface area contributed by atoms with Crippen molar-refractivity contribution in [1.29, 1.82) is 0 Å². The highest BCUT2D eigenvalue weighted by Crippen LogP contribution is 2.76. The summed E-state index contributed by atoms with van der Waals surface area (Å²) in [6, 6.07) is 0. The van der Waals surface area contributed by atoms with Crippen molar-refractivity contribution in [2.45, 2.75) is 251 Å². The number of fused-ring (bicyclic) bond motifs is 7. The topological polar surface area (TPSA) is 244 Å². The maximum absolute atomic E-state index is 14.3. The Bertz CT molecular complexity index is 1840. The fraction of sp³-hybridized carbons (Fsp3) is 0.943. The zero-order valence-corrected chi connectivity index (χ0v) is 43.0. The van der Waals surface area contributed by atoms with Crippen LogP contribution in [0.2, 0.25) is 0 Å². The molecule has 0 aromatic rings. The number of hydrogen-bond donors (Lipinski definition) is 8. The molecular weight excluding hydrogens is 893 g/mol. The van der Waals surface area contributed by atoms with Gasteiger partial charge in [-0.1, -0.05) is 79.9 Å². The first-order valence-corrected chi connectivity index (χ1v) is 26.5. The summed E-state index contributed by atoms with van der Waals surface area (Å²) >= 11 is 0. The van der Waals surface area contributed by atoms with Crippen LogP contribution in [0.4, 0.5) is 0 Å². The standard InChI is InChI=1S/C53H88O16/c1-11-12-13-24-63-47(62)53-22-20-48(4,5)25-30(53)29-14-15-33-50(8)18-17-34(49(6,7)32(50)16-19-52(33,10)51(29,9)21-23-53)67-46-43(69-45-40(60)38(58)36(56)28(3)65-45)41(61)42(31(26-54)66-46)68-44-39(59)37(57)35(55)27(2)64-44/h14,27-28,30-46,54-61H,11-13,15-26H2,1-10H3/t27-,28-,30-,31+,32-,33+,34-,35-,36-,37+,38+,39+,40+,41-,42+,43+,44-,45-,46-,50-,51+,52+,53-/m0/s1. The first kappa shape index (κ1) is 53.9. The molecule has 0 radical (unpaired) electrons. The van der Waals surface area contributed by atoms with Crippen LogP contribution in [-0.4, -0.2) is 158 Å². The molecule has 16 heteroatoms. The van der Waals surface area contributed by atoms with Crippen LogP contribution in [0.3, 0.4) is 0 Å². The fourth-order valence-corrected chi connectivity index (χ4v) is 15.7. The molecule has 396 valence electrons. The molecule has 8 rings (SSSR count). The van der Waals surface area contributed by atoms with E-state index in [0.717, 1.165) is 77.0 Å². The van der Waals surface area contributed by atoms with Gasteiger partial charge in [-0.15, -0.1) is 0 Å². The number of allylic oxidation sites excluding steroid dienone is 2. The van der Waals surface area contributed by atoms with E-state index in [4.69, 9.17) is 33.2 Å². The van der Waals surface area contributed by atoms with E-state index >= 15 is 0 Å². The number of hydrogen-bond acceptors (Lipinski definition) is 16. The molecule has 0 amide bonds. The molecule has 8 N–H and O–H groups in total. The summed E-state index contributed by atoms with van der Waals surface area (Å²) in [6.07, 6.45) is -7.63. The zero-order chi connectivity index (χ0) is 50.4. The van der Waals surface area contributed by atoms with Crippen molar-refractivity contribution in [2.75, 3.05) is 13.2 Å². The highest BCUT2D eigenvalue weighted by molar-refractivity contribution is 5.78. The van der Waals surface area contributed by atoms with E-state index in [0.29, 0.717) is 18.9 Å². The van der Waals surface area contributed by atoms with Crippen LogP contribution in [0, 0.1) is 50.2 Å². The number of aliphatic hydroxyl groups is 8. The number of esters is 1. The molecule has 4 saturated carbocycles. The molecule has 0 aromatic carbocycles. The molecule has 3 saturated heterocycles. The van der Waals surface area contributed by atoms with Crippen LogP contribution >= 0.6 is 0 Å². The average Bonchev–Trinajstić information content (AvgIpc) is 3.29. The summed E-state index contributed by atoms with van der Waals surface area (Å²) in [6.45, 7) is 21.7. The highest BCUT2D eigenvalue weighted by Gasteiger charge is 2.70. The van der Waals surface area contributed by atoms with Crippen LogP contribution in [-0.2, 0) is 38.0 Å². The Balaban J connectivity index is 1.05. The Hall–Kier alpha value is -1.35. The lowest BCUT2D eigenvalue weighted by Crippen LogP contribution is -2.68. The van der Waals surface area contributed by atoms with Crippen molar-refractivity contribution in [3.05, 3.63) is 11.6 Å². The second kappa shape index (κ2) is 19.7. The van der Waals surface area contributed by atoms with Gasteiger partial charge >= 0.3 is 5.97 Å². The molecule has 8 aliphatic rings. The Kier molecular flexibility index (Phi) is 15.4. The van der Waals surface area contributed by atoms with Crippen LogP contribution in [0.1, 0.15) is 153 Å². The summed E-state index contributed by atoms with van der Waals surface area (Å²) in [5.74, 6) is 0.733. The van der Waals surface area contributed by atoms with Crippen LogP contribution in [0.5, 0.6) is 0 Å². The Morgan fingerprint density at radius 3 is 1.88 bits per heavy atom. The van der Waals surface area contributed by atoms with E-state index in [1.165, 1.54) is 19.4 Å². The molecule has 5 aliphatic carbocycles. The zero-order valence-electron chi connectivity index (χ0n) is 43.0. The van der Waals surface area contributed by atoms with E-state index in [1.54, 1.807) is 0 Å². The van der Waals surface area contributed by atoms with Gasteiger partial charge in [-0.2, -0.15) is 0 Å².